The number of nitrogens with two attached hydrogens (primary N) is 1. The molecule has 1 aromatic heterocycles. The van der Waals surface area contributed by atoms with E-state index in [0.717, 1.165) is 29.5 Å². The minimum atomic E-state index is -2.88. The predicted octanol–water partition coefficient (Wildman–Crippen LogP) is 6.04. The number of fused-ring (bicyclic) bond motifs is 5. The van der Waals surface area contributed by atoms with E-state index in [-0.39, 0.29) is 38.6 Å². The number of allylic oxidation sites excluding steroid dienone is 1. The summed E-state index contributed by atoms with van der Waals surface area (Å²) < 4.78 is 28.9. The highest BCUT2D eigenvalue weighted by Crippen LogP contribution is 2.60. The number of aryl methyl sites for hydroxylation is 1. The SMILES string of the molecule is Cn1cc(-c2cccc(C(N)=O)c2C(=O)Nc2cccc3c2[C@H]2CC[C@@H]3C2=C(Cl)Cl)c(C(F)F)n1. The van der Waals surface area contributed by atoms with Gasteiger partial charge in [0.15, 0.2) is 0 Å². The number of rotatable bonds is 5. The molecule has 3 aromatic rings. The Morgan fingerprint density at radius 2 is 1.83 bits per heavy atom. The molecule has 10 heteroatoms. The van der Waals surface area contributed by atoms with Crippen molar-refractivity contribution in [2.45, 2.75) is 31.1 Å². The Balaban J connectivity index is 1.62. The second-order valence-corrected chi connectivity index (χ2v) is 9.61. The molecule has 3 N–H and O–H groups in total. The third kappa shape index (κ3) is 3.81. The van der Waals surface area contributed by atoms with Crippen molar-refractivity contribution >= 4 is 40.7 Å². The summed E-state index contributed by atoms with van der Waals surface area (Å²) in [4.78, 5) is 25.9. The van der Waals surface area contributed by atoms with Gasteiger partial charge in [-0.25, -0.2) is 8.78 Å². The summed E-state index contributed by atoms with van der Waals surface area (Å²) in [5.74, 6) is -1.42. The summed E-state index contributed by atoms with van der Waals surface area (Å²) in [5, 5.41) is 6.73. The van der Waals surface area contributed by atoms with Gasteiger partial charge in [0.25, 0.3) is 12.3 Å². The fourth-order valence-corrected chi connectivity index (χ4v) is 5.97. The molecular weight excluding hydrogens is 497 g/mol. The van der Waals surface area contributed by atoms with E-state index in [1.165, 1.54) is 36.1 Å². The molecule has 2 aliphatic carbocycles. The lowest BCUT2D eigenvalue weighted by Crippen LogP contribution is -2.22. The number of alkyl halides is 2. The van der Waals surface area contributed by atoms with Crippen LogP contribution in [0.2, 0.25) is 0 Å². The number of carbonyl (C=O) groups is 2. The average Bonchev–Trinajstić information content (AvgIpc) is 3.50. The molecular formula is C25H20Cl2F2N4O2. The van der Waals surface area contributed by atoms with Crippen molar-refractivity contribution in [1.82, 2.24) is 9.78 Å². The third-order valence-electron chi connectivity index (χ3n) is 6.74. The van der Waals surface area contributed by atoms with E-state index in [1.807, 2.05) is 12.1 Å². The molecule has 0 saturated heterocycles. The van der Waals surface area contributed by atoms with Gasteiger partial charge in [0.2, 0.25) is 5.91 Å². The smallest absolute Gasteiger partial charge is 0.282 e. The number of aromatic nitrogens is 2. The zero-order valence-electron chi connectivity index (χ0n) is 18.5. The van der Waals surface area contributed by atoms with Gasteiger partial charge in [-0.05, 0) is 47.2 Å². The zero-order chi connectivity index (χ0) is 25.0. The van der Waals surface area contributed by atoms with Crippen LogP contribution in [0.4, 0.5) is 14.5 Å². The monoisotopic (exact) mass is 516 g/mol. The van der Waals surface area contributed by atoms with Crippen LogP contribution in [-0.2, 0) is 7.05 Å². The van der Waals surface area contributed by atoms with Gasteiger partial charge in [-0.3, -0.25) is 14.3 Å². The van der Waals surface area contributed by atoms with E-state index >= 15 is 0 Å². The van der Waals surface area contributed by atoms with Crippen molar-refractivity contribution in [2.75, 3.05) is 5.32 Å². The Kier molecular flexibility index (Phi) is 5.89. The minimum Gasteiger partial charge on any atom is -0.366 e. The molecule has 0 aliphatic heterocycles. The van der Waals surface area contributed by atoms with Gasteiger partial charge in [-0.15, -0.1) is 0 Å². The lowest BCUT2D eigenvalue weighted by Gasteiger charge is -2.20. The molecule has 1 heterocycles. The molecule has 2 aliphatic rings. The van der Waals surface area contributed by atoms with Crippen LogP contribution in [0.3, 0.4) is 0 Å². The first kappa shape index (κ1) is 23.5. The van der Waals surface area contributed by atoms with Crippen molar-refractivity contribution in [3.63, 3.8) is 0 Å². The van der Waals surface area contributed by atoms with E-state index in [0.29, 0.717) is 5.69 Å². The topological polar surface area (TPSA) is 90.0 Å². The Bertz CT molecular complexity index is 1410. The molecule has 1 saturated carbocycles. The summed E-state index contributed by atoms with van der Waals surface area (Å²) >= 11 is 12.4. The molecule has 0 spiro atoms. The predicted molar refractivity (Wildman–Crippen MR) is 130 cm³/mol. The molecule has 1 fully saturated rings. The van der Waals surface area contributed by atoms with Crippen molar-refractivity contribution in [3.05, 3.63) is 80.6 Å². The Morgan fingerprint density at radius 3 is 2.51 bits per heavy atom. The Labute approximate surface area is 209 Å². The van der Waals surface area contributed by atoms with Crippen molar-refractivity contribution < 1.29 is 18.4 Å². The van der Waals surface area contributed by atoms with Gasteiger partial charge in [0.05, 0.1) is 11.1 Å². The standard InChI is InChI=1S/C25H20Cl2F2N4O2/c1-33-10-16(21(32-33)23(28)29)12-4-2-6-15(24(30)34)20(12)25(35)31-17-7-3-5-11-13-8-9-14(18(11)17)19(13)22(26)27/h2-7,10,13-14,23H,8-9H2,1H3,(H2,30,34)(H,31,35)/t13-,14+/m0/s1. The average molecular weight is 517 g/mol. The molecule has 2 atom stereocenters. The van der Waals surface area contributed by atoms with Crippen LogP contribution in [-0.4, -0.2) is 21.6 Å². The Hall–Kier alpha value is -3.23. The first-order chi connectivity index (χ1) is 16.7. The van der Waals surface area contributed by atoms with Crippen LogP contribution in [0.25, 0.3) is 11.1 Å². The molecule has 5 rings (SSSR count). The van der Waals surface area contributed by atoms with Crippen LogP contribution >= 0.6 is 23.2 Å². The summed E-state index contributed by atoms with van der Waals surface area (Å²) in [6, 6.07) is 9.96. The van der Waals surface area contributed by atoms with Crippen molar-refractivity contribution in [1.29, 1.82) is 0 Å². The highest BCUT2D eigenvalue weighted by molar-refractivity contribution is 6.56. The number of primary amides is 1. The maximum Gasteiger partial charge on any atom is 0.282 e. The maximum atomic E-state index is 13.7. The Morgan fingerprint density at radius 1 is 1.11 bits per heavy atom. The molecule has 0 unspecified atom stereocenters. The fraction of sp³-hybridized carbons (Fsp3) is 0.240. The maximum absolute atomic E-state index is 13.7. The number of benzene rings is 2. The highest BCUT2D eigenvalue weighted by Gasteiger charge is 2.44. The van der Waals surface area contributed by atoms with Crippen LogP contribution in [0.5, 0.6) is 0 Å². The number of halogens is 4. The van der Waals surface area contributed by atoms with E-state index in [9.17, 15) is 18.4 Å². The largest absolute Gasteiger partial charge is 0.366 e. The van der Waals surface area contributed by atoms with Gasteiger partial charge in [-0.2, -0.15) is 5.10 Å². The van der Waals surface area contributed by atoms with E-state index in [2.05, 4.69) is 10.4 Å². The third-order valence-corrected chi connectivity index (χ3v) is 7.17. The molecule has 35 heavy (non-hydrogen) atoms. The van der Waals surface area contributed by atoms with Gasteiger partial charge in [0.1, 0.15) is 10.2 Å². The van der Waals surface area contributed by atoms with E-state index in [1.54, 1.807) is 6.07 Å². The van der Waals surface area contributed by atoms with Gasteiger partial charge in [-0.1, -0.05) is 47.5 Å². The number of hydrogen-bond acceptors (Lipinski definition) is 3. The second kappa shape index (κ2) is 8.77. The number of nitrogens with zero attached hydrogens (tertiary/aromatic N) is 2. The number of anilines is 1. The summed E-state index contributed by atoms with van der Waals surface area (Å²) in [6.45, 7) is 0. The zero-order valence-corrected chi connectivity index (χ0v) is 20.0. The molecule has 6 nitrogen and oxygen atoms in total. The molecule has 180 valence electrons. The molecule has 0 radical (unpaired) electrons. The summed E-state index contributed by atoms with van der Waals surface area (Å²) in [6.07, 6.45) is 0.272. The summed E-state index contributed by atoms with van der Waals surface area (Å²) in [5.41, 5.74) is 8.55. The number of amides is 2. The second-order valence-electron chi connectivity index (χ2n) is 8.66. The van der Waals surface area contributed by atoms with Crippen LogP contribution in [0, 0.1) is 0 Å². The molecule has 2 bridgehead atoms. The normalized spacial score (nSPS) is 18.2. The van der Waals surface area contributed by atoms with Crippen molar-refractivity contribution in [2.24, 2.45) is 12.8 Å². The number of hydrogen-bond donors (Lipinski definition) is 2. The lowest BCUT2D eigenvalue weighted by atomic mass is 9.90. The van der Waals surface area contributed by atoms with Crippen LogP contribution < -0.4 is 11.1 Å². The van der Waals surface area contributed by atoms with Gasteiger partial charge < -0.3 is 11.1 Å². The van der Waals surface area contributed by atoms with E-state index in [4.69, 9.17) is 28.9 Å². The number of nitrogens with one attached hydrogen (secondary N) is 1. The molecule has 2 amide bonds. The van der Waals surface area contributed by atoms with Crippen LogP contribution in [0.1, 0.15) is 68.6 Å². The van der Waals surface area contributed by atoms with Gasteiger partial charge in [0, 0.05) is 36.3 Å². The first-order valence-electron chi connectivity index (χ1n) is 10.9. The quantitative estimate of drug-likeness (QED) is 0.433. The highest BCUT2D eigenvalue weighted by atomic mass is 35.5. The molecule has 2 aromatic carbocycles. The van der Waals surface area contributed by atoms with Gasteiger partial charge >= 0.3 is 0 Å². The minimum absolute atomic E-state index is 0.0221. The number of carbonyl (C=O) groups excluding carboxylic acids is 2. The first-order valence-corrected chi connectivity index (χ1v) is 11.7. The van der Waals surface area contributed by atoms with Crippen LogP contribution in [0.15, 0.2) is 52.7 Å². The summed E-state index contributed by atoms with van der Waals surface area (Å²) in [7, 11) is 1.50. The fourth-order valence-electron chi connectivity index (χ4n) is 5.44. The van der Waals surface area contributed by atoms with Crippen molar-refractivity contribution in [3.8, 4) is 11.1 Å². The lowest BCUT2D eigenvalue weighted by molar-refractivity contribution is 0.0977. The van der Waals surface area contributed by atoms with E-state index < -0.39 is 23.9 Å².